The van der Waals surface area contributed by atoms with E-state index >= 15 is 0 Å². The molecular formula is C13H10Br2O2S. The Bertz CT molecular complexity index is 606. The monoisotopic (exact) mass is 388 g/mol. The summed E-state index contributed by atoms with van der Waals surface area (Å²) in [7, 11) is -1.08. The van der Waals surface area contributed by atoms with E-state index in [1.807, 2.05) is 24.3 Å². The van der Waals surface area contributed by atoms with E-state index in [0.717, 1.165) is 25.0 Å². The van der Waals surface area contributed by atoms with Gasteiger partial charge in [-0.25, -0.2) is 0 Å². The molecule has 0 aromatic heterocycles. The molecule has 0 aliphatic carbocycles. The Hall–Kier alpha value is -0.650. The zero-order chi connectivity index (χ0) is 13.3. The molecule has 0 radical (unpaired) electrons. The van der Waals surface area contributed by atoms with Crippen molar-refractivity contribution in [2.24, 2.45) is 0 Å². The fraction of sp³-hybridized carbons (Fsp3) is 0.0769. The third-order valence-electron chi connectivity index (χ3n) is 2.44. The largest absolute Gasteiger partial charge is 0.508 e. The first-order valence-electron chi connectivity index (χ1n) is 5.10. The number of hydrogen-bond donors (Lipinski definition) is 1. The Morgan fingerprint density at radius 2 is 1.78 bits per heavy atom. The maximum Gasteiger partial charge on any atom is 0.117 e. The zero-order valence-electron chi connectivity index (χ0n) is 9.48. The molecule has 18 heavy (non-hydrogen) atoms. The molecule has 0 aliphatic rings. The third-order valence-corrected chi connectivity index (χ3v) is 4.37. The summed E-state index contributed by atoms with van der Waals surface area (Å²) in [6, 6.07) is 10.7. The zero-order valence-corrected chi connectivity index (χ0v) is 13.5. The van der Waals surface area contributed by atoms with E-state index < -0.39 is 10.8 Å². The Morgan fingerprint density at radius 3 is 2.39 bits per heavy atom. The fourth-order valence-electron chi connectivity index (χ4n) is 1.71. The van der Waals surface area contributed by atoms with E-state index in [0.29, 0.717) is 0 Å². The van der Waals surface area contributed by atoms with Gasteiger partial charge in [-0.2, -0.15) is 0 Å². The second kappa shape index (κ2) is 5.55. The van der Waals surface area contributed by atoms with Crippen LogP contribution < -0.4 is 0 Å². The van der Waals surface area contributed by atoms with Gasteiger partial charge in [-0.05, 0) is 47.5 Å². The average Bonchev–Trinajstić information content (AvgIpc) is 2.27. The van der Waals surface area contributed by atoms with Gasteiger partial charge in [0.25, 0.3) is 0 Å². The number of halogens is 2. The van der Waals surface area contributed by atoms with Crippen LogP contribution in [0.4, 0.5) is 0 Å². The Labute approximate surface area is 125 Å². The molecule has 0 bridgehead atoms. The number of rotatable bonds is 2. The molecule has 2 rings (SSSR count). The van der Waals surface area contributed by atoms with E-state index in [1.54, 1.807) is 18.4 Å². The normalized spacial score (nSPS) is 12.4. The lowest BCUT2D eigenvalue weighted by Gasteiger charge is -2.09. The average molecular weight is 390 g/mol. The molecule has 0 amide bonds. The van der Waals surface area contributed by atoms with Crippen molar-refractivity contribution < 1.29 is 9.32 Å². The van der Waals surface area contributed by atoms with Gasteiger partial charge in [0.1, 0.15) is 5.75 Å². The third kappa shape index (κ3) is 3.02. The van der Waals surface area contributed by atoms with Crippen molar-refractivity contribution in [3.63, 3.8) is 0 Å². The Balaban J connectivity index is 2.68. The first-order chi connectivity index (χ1) is 8.47. The van der Waals surface area contributed by atoms with Crippen molar-refractivity contribution in [2.45, 2.75) is 4.90 Å². The van der Waals surface area contributed by atoms with E-state index in [4.69, 9.17) is 0 Å². The minimum absolute atomic E-state index is 0.173. The Morgan fingerprint density at radius 1 is 1.06 bits per heavy atom. The summed E-state index contributed by atoms with van der Waals surface area (Å²) in [5.74, 6) is 0.173. The first-order valence-corrected chi connectivity index (χ1v) is 8.24. The van der Waals surface area contributed by atoms with Gasteiger partial charge >= 0.3 is 0 Å². The van der Waals surface area contributed by atoms with Crippen LogP contribution in [0.1, 0.15) is 0 Å². The van der Waals surface area contributed by atoms with Crippen LogP contribution in [-0.2, 0) is 10.8 Å². The summed E-state index contributed by atoms with van der Waals surface area (Å²) >= 11 is 6.75. The molecule has 2 nitrogen and oxygen atoms in total. The molecule has 0 heterocycles. The number of phenolic OH excluding ortho intramolecular Hbond substituents is 1. The van der Waals surface area contributed by atoms with Gasteiger partial charge in [0.05, 0.1) is 10.8 Å². The summed E-state index contributed by atoms with van der Waals surface area (Å²) in [6.45, 7) is 0. The van der Waals surface area contributed by atoms with Crippen LogP contribution in [0.3, 0.4) is 0 Å². The van der Waals surface area contributed by atoms with E-state index in [9.17, 15) is 9.32 Å². The molecule has 0 saturated heterocycles. The summed E-state index contributed by atoms with van der Waals surface area (Å²) in [5, 5.41) is 9.64. The molecule has 0 saturated carbocycles. The second-order valence-electron chi connectivity index (χ2n) is 3.79. The summed E-state index contributed by atoms with van der Waals surface area (Å²) in [6.07, 6.45) is 1.64. The van der Waals surface area contributed by atoms with Gasteiger partial charge in [0, 0.05) is 20.1 Å². The molecule has 1 unspecified atom stereocenters. The maximum atomic E-state index is 11.7. The molecule has 2 aromatic rings. The van der Waals surface area contributed by atoms with Crippen molar-refractivity contribution in [1.82, 2.24) is 0 Å². The molecule has 2 aromatic carbocycles. The summed E-state index contributed by atoms with van der Waals surface area (Å²) in [5.41, 5.74) is 1.68. The number of phenols is 1. The highest BCUT2D eigenvalue weighted by molar-refractivity contribution is 9.10. The number of benzene rings is 2. The van der Waals surface area contributed by atoms with Crippen LogP contribution in [0.25, 0.3) is 11.1 Å². The minimum atomic E-state index is -1.08. The molecule has 1 N–H and O–H groups in total. The molecule has 1 atom stereocenters. The van der Waals surface area contributed by atoms with Crippen LogP contribution in [-0.4, -0.2) is 15.6 Å². The van der Waals surface area contributed by atoms with Gasteiger partial charge in [-0.1, -0.05) is 31.9 Å². The fourth-order valence-corrected chi connectivity index (χ4v) is 3.30. The molecule has 0 fully saturated rings. The summed E-state index contributed by atoms with van der Waals surface area (Å²) < 4.78 is 13.4. The van der Waals surface area contributed by atoms with Crippen LogP contribution in [0, 0.1) is 0 Å². The van der Waals surface area contributed by atoms with Crippen LogP contribution in [0.15, 0.2) is 50.2 Å². The Kier molecular flexibility index (Phi) is 4.25. The van der Waals surface area contributed by atoms with E-state index in [1.165, 1.54) is 0 Å². The number of hydrogen-bond acceptors (Lipinski definition) is 2. The van der Waals surface area contributed by atoms with Gasteiger partial charge in [0.15, 0.2) is 0 Å². The van der Waals surface area contributed by atoms with Crippen LogP contribution >= 0.6 is 31.9 Å². The number of aromatic hydroxyl groups is 1. The van der Waals surface area contributed by atoms with Crippen molar-refractivity contribution in [2.75, 3.05) is 6.26 Å². The topological polar surface area (TPSA) is 37.3 Å². The highest BCUT2D eigenvalue weighted by Crippen LogP contribution is 2.33. The molecule has 0 spiro atoms. The first kappa shape index (κ1) is 13.8. The minimum Gasteiger partial charge on any atom is -0.508 e. The van der Waals surface area contributed by atoms with Crippen molar-refractivity contribution in [1.29, 1.82) is 0 Å². The standard InChI is InChI=1S/C13H10Br2O2S/c1-18(17)13-3-2-9(14)7-12(13)8-4-10(15)6-11(16)5-8/h2-7,16H,1H3. The molecule has 0 aliphatic heterocycles. The van der Waals surface area contributed by atoms with E-state index in [-0.39, 0.29) is 5.75 Å². The highest BCUT2D eigenvalue weighted by Gasteiger charge is 2.10. The van der Waals surface area contributed by atoms with Crippen molar-refractivity contribution >= 4 is 42.7 Å². The molecular weight excluding hydrogens is 380 g/mol. The van der Waals surface area contributed by atoms with Gasteiger partial charge < -0.3 is 5.11 Å². The molecule has 94 valence electrons. The van der Waals surface area contributed by atoms with Gasteiger partial charge in [-0.15, -0.1) is 0 Å². The van der Waals surface area contributed by atoms with E-state index in [2.05, 4.69) is 31.9 Å². The van der Waals surface area contributed by atoms with Gasteiger partial charge in [0.2, 0.25) is 0 Å². The lowest BCUT2D eigenvalue weighted by Crippen LogP contribution is -1.92. The van der Waals surface area contributed by atoms with Crippen molar-refractivity contribution in [3.8, 4) is 16.9 Å². The smallest absolute Gasteiger partial charge is 0.117 e. The lowest BCUT2D eigenvalue weighted by atomic mass is 10.1. The summed E-state index contributed by atoms with van der Waals surface area (Å²) in [4.78, 5) is 0.746. The van der Waals surface area contributed by atoms with Crippen molar-refractivity contribution in [3.05, 3.63) is 45.3 Å². The maximum absolute atomic E-state index is 11.7. The quantitative estimate of drug-likeness (QED) is 0.830. The lowest BCUT2D eigenvalue weighted by molar-refractivity contribution is 0.475. The van der Waals surface area contributed by atoms with Crippen LogP contribution in [0.5, 0.6) is 5.75 Å². The second-order valence-corrected chi connectivity index (χ2v) is 6.97. The van der Waals surface area contributed by atoms with Crippen LogP contribution in [0.2, 0.25) is 0 Å². The predicted octanol–water partition coefficient (Wildman–Crippen LogP) is 4.32. The predicted molar refractivity (Wildman–Crippen MR) is 81.3 cm³/mol. The molecule has 5 heteroatoms. The SMILES string of the molecule is CS(=O)c1ccc(Br)cc1-c1cc(O)cc(Br)c1. The highest BCUT2D eigenvalue weighted by atomic mass is 79.9. The van der Waals surface area contributed by atoms with Gasteiger partial charge in [-0.3, -0.25) is 4.21 Å².